The Morgan fingerprint density at radius 1 is 1.35 bits per heavy atom. The van der Waals surface area contributed by atoms with Crippen LogP contribution < -0.4 is 4.80 Å². The molecule has 0 spiro atoms. The van der Waals surface area contributed by atoms with Crippen molar-refractivity contribution in [2.24, 2.45) is 12.0 Å². The lowest BCUT2D eigenvalue weighted by Crippen LogP contribution is -2.18. The summed E-state index contributed by atoms with van der Waals surface area (Å²) >= 11 is 7.37. The fourth-order valence-electron chi connectivity index (χ4n) is 2.38. The molecule has 0 N–H and O–H groups in total. The zero-order valence-electron chi connectivity index (χ0n) is 15.5. The predicted octanol–water partition coefficient (Wildman–Crippen LogP) is 5.94. The first-order valence-electron chi connectivity index (χ1n) is 8.04. The third-order valence-corrected chi connectivity index (χ3v) is 8.34. The monoisotopic (exact) mass is 422 g/mol. The van der Waals surface area contributed by atoms with E-state index in [-0.39, 0.29) is 0 Å². The maximum atomic E-state index is 13.0. The SMILES string of the molecule is C=P(C)(C)C(C)Cc1cc(N=c2scc(C(F)(F)F)n2C)c(C)cc1Cl. The summed E-state index contributed by atoms with van der Waals surface area (Å²) in [4.78, 5) is 4.76. The molecule has 0 aliphatic heterocycles. The molecule has 0 aliphatic rings. The van der Waals surface area contributed by atoms with Crippen LogP contribution in [0.5, 0.6) is 0 Å². The molecule has 26 heavy (non-hydrogen) atoms. The van der Waals surface area contributed by atoms with Gasteiger partial charge in [-0.15, -0.1) is 24.5 Å². The van der Waals surface area contributed by atoms with E-state index >= 15 is 0 Å². The summed E-state index contributed by atoms with van der Waals surface area (Å²) in [5.74, 6) is 0. The van der Waals surface area contributed by atoms with Crippen LogP contribution in [-0.2, 0) is 19.6 Å². The van der Waals surface area contributed by atoms with Gasteiger partial charge in [-0.1, -0.05) is 18.5 Å². The van der Waals surface area contributed by atoms with Gasteiger partial charge in [-0.2, -0.15) is 13.2 Å². The first kappa shape index (κ1) is 21.3. The normalized spacial score (nSPS) is 14.7. The van der Waals surface area contributed by atoms with Crippen molar-refractivity contribution < 1.29 is 13.2 Å². The third kappa shape index (κ3) is 4.85. The molecule has 1 heterocycles. The Kier molecular flexibility index (Phi) is 6.21. The molecule has 2 rings (SSSR count). The molecule has 1 aromatic carbocycles. The van der Waals surface area contributed by atoms with E-state index in [1.165, 1.54) is 7.05 Å². The van der Waals surface area contributed by atoms with Gasteiger partial charge in [-0.05, 0) is 55.6 Å². The number of hydrogen-bond donors (Lipinski definition) is 0. The van der Waals surface area contributed by atoms with Gasteiger partial charge in [0.25, 0.3) is 0 Å². The van der Waals surface area contributed by atoms with Gasteiger partial charge in [0.15, 0.2) is 4.80 Å². The van der Waals surface area contributed by atoms with Crippen LogP contribution in [0.1, 0.15) is 23.7 Å². The molecule has 1 atom stereocenters. The van der Waals surface area contributed by atoms with E-state index in [0.717, 1.165) is 38.8 Å². The van der Waals surface area contributed by atoms with Gasteiger partial charge >= 0.3 is 6.18 Å². The number of alkyl halides is 3. The average Bonchev–Trinajstić information content (AvgIpc) is 2.84. The highest BCUT2D eigenvalue weighted by Gasteiger charge is 2.34. The first-order valence-corrected chi connectivity index (χ1v) is 12.2. The molecule has 0 fully saturated rings. The van der Waals surface area contributed by atoms with E-state index in [1.54, 1.807) is 0 Å². The van der Waals surface area contributed by atoms with Crippen molar-refractivity contribution >= 4 is 41.8 Å². The fraction of sp³-hybridized carbons (Fsp3) is 0.444. The number of thiazole rings is 1. The van der Waals surface area contributed by atoms with Crippen LogP contribution >= 0.6 is 29.8 Å². The zero-order valence-corrected chi connectivity index (χ0v) is 18.0. The molecular formula is C18H23ClF3N2PS. The van der Waals surface area contributed by atoms with Gasteiger partial charge in [-0.25, -0.2) is 4.99 Å². The maximum Gasteiger partial charge on any atom is 0.432 e. The molecule has 144 valence electrons. The van der Waals surface area contributed by atoms with Crippen LogP contribution in [-0.4, -0.2) is 29.9 Å². The van der Waals surface area contributed by atoms with Gasteiger partial charge in [0.1, 0.15) is 5.69 Å². The topological polar surface area (TPSA) is 17.3 Å². The second kappa shape index (κ2) is 7.57. The predicted molar refractivity (Wildman–Crippen MR) is 109 cm³/mol. The Morgan fingerprint density at radius 2 is 1.96 bits per heavy atom. The van der Waals surface area contributed by atoms with Gasteiger partial charge < -0.3 is 4.57 Å². The molecule has 0 saturated heterocycles. The summed E-state index contributed by atoms with van der Waals surface area (Å²) < 4.78 is 40.0. The Balaban J connectivity index is 2.50. The number of rotatable bonds is 4. The standard InChI is InChI=1S/C18H23ClF3N2PS/c1-11-7-14(19)13(8-12(2)25(4,5)6)9-15(11)23-17-24(3)16(10-26-17)18(20,21)22/h7,9-10,12H,4,8H2,1-3,5-6H3. The van der Waals surface area contributed by atoms with Crippen LogP contribution in [0.4, 0.5) is 18.9 Å². The second-order valence-corrected chi connectivity index (χ2v) is 12.8. The summed E-state index contributed by atoms with van der Waals surface area (Å²) in [5.41, 5.74) is 2.12. The Labute approximate surface area is 161 Å². The summed E-state index contributed by atoms with van der Waals surface area (Å²) in [7, 11) is 1.38. The quantitative estimate of drug-likeness (QED) is 0.542. The lowest BCUT2D eigenvalue weighted by atomic mass is 10.1. The van der Waals surface area contributed by atoms with Crippen molar-refractivity contribution in [3.05, 3.63) is 44.2 Å². The van der Waals surface area contributed by atoms with Gasteiger partial charge in [0, 0.05) is 17.5 Å². The van der Waals surface area contributed by atoms with Crippen LogP contribution in [0.15, 0.2) is 22.5 Å². The van der Waals surface area contributed by atoms with E-state index < -0.39 is 18.8 Å². The molecule has 2 aromatic rings. The number of benzene rings is 1. The van der Waals surface area contributed by atoms with Crippen LogP contribution in [0.25, 0.3) is 0 Å². The van der Waals surface area contributed by atoms with E-state index in [0.29, 0.717) is 21.2 Å². The minimum absolute atomic E-state index is 0.298. The summed E-state index contributed by atoms with van der Waals surface area (Å²) in [5, 5.41) is 1.75. The molecule has 0 bridgehead atoms. The van der Waals surface area contributed by atoms with Crippen molar-refractivity contribution in [3.8, 4) is 0 Å². The average molecular weight is 423 g/mol. The maximum absolute atomic E-state index is 13.0. The summed E-state index contributed by atoms with van der Waals surface area (Å²) in [6.07, 6.45) is 0.661. The fourth-order valence-corrected chi connectivity index (χ4v) is 4.28. The number of halogens is 4. The number of hydrogen-bond acceptors (Lipinski definition) is 2. The lowest BCUT2D eigenvalue weighted by molar-refractivity contribution is -0.143. The van der Waals surface area contributed by atoms with Crippen molar-refractivity contribution in [2.45, 2.75) is 32.1 Å². The van der Waals surface area contributed by atoms with E-state index in [4.69, 9.17) is 11.6 Å². The van der Waals surface area contributed by atoms with Crippen molar-refractivity contribution in [1.29, 1.82) is 0 Å². The minimum Gasteiger partial charge on any atom is -0.316 e. The molecule has 0 radical (unpaired) electrons. The van der Waals surface area contributed by atoms with Crippen LogP contribution in [0.3, 0.4) is 0 Å². The first-order chi connectivity index (χ1) is 11.8. The molecule has 8 heteroatoms. The highest BCUT2D eigenvalue weighted by molar-refractivity contribution is 7.72. The molecule has 1 unspecified atom stereocenters. The minimum atomic E-state index is -4.39. The van der Waals surface area contributed by atoms with E-state index in [1.807, 2.05) is 19.1 Å². The zero-order chi connectivity index (χ0) is 19.9. The van der Waals surface area contributed by atoms with Gasteiger partial charge in [0.2, 0.25) is 0 Å². The number of nitrogens with zero attached hydrogens (tertiary/aromatic N) is 2. The van der Waals surface area contributed by atoms with Crippen molar-refractivity contribution in [1.82, 2.24) is 4.57 Å². The van der Waals surface area contributed by atoms with Crippen LogP contribution in [0.2, 0.25) is 5.02 Å². The van der Waals surface area contributed by atoms with Crippen molar-refractivity contribution in [3.63, 3.8) is 0 Å². The summed E-state index contributed by atoms with van der Waals surface area (Å²) in [6, 6.07) is 3.71. The molecule has 0 aliphatic carbocycles. The Hall–Kier alpha value is -0.970. The van der Waals surface area contributed by atoms with E-state index in [9.17, 15) is 13.2 Å². The van der Waals surface area contributed by atoms with Crippen LogP contribution in [0, 0.1) is 6.92 Å². The van der Waals surface area contributed by atoms with E-state index in [2.05, 4.69) is 31.5 Å². The molecule has 1 aromatic heterocycles. The second-order valence-electron chi connectivity index (χ2n) is 7.13. The number of aryl methyl sites for hydroxylation is 1. The Bertz CT molecular complexity index is 921. The highest BCUT2D eigenvalue weighted by atomic mass is 35.5. The molecule has 0 saturated carbocycles. The molecular weight excluding hydrogens is 400 g/mol. The largest absolute Gasteiger partial charge is 0.432 e. The van der Waals surface area contributed by atoms with Gasteiger partial charge in [0.05, 0.1) is 5.69 Å². The Morgan fingerprint density at radius 3 is 2.46 bits per heavy atom. The van der Waals surface area contributed by atoms with Gasteiger partial charge in [-0.3, -0.25) is 0 Å². The molecule has 2 nitrogen and oxygen atoms in total. The van der Waals surface area contributed by atoms with Crippen molar-refractivity contribution in [2.75, 3.05) is 13.3 Å². The molecule has 0 amide bonds. The smallest absolute Gasteiger partial charge is 0.316 e. The lowest BCUT2D eigenvalue weighted by Gasteiger charge is -2.23. The third-order valence-electron chi connectivity index (χ3n) is 4.50. The summed E-state index contributed by atoms with van der Waals surface area (Å²) in [6.45, 7) is 7.09. The number of aromatic nitrogens is 1. The highest BCUT2D eigenvalue weighted by Crippen LogP contribution is 2.44.